The summed E-state index contributed by atoms with van der Waals surface area (Å²) in [5.74, 6) is 0. The molecule has 0 aromatic heterocycles. The van der Waals surface area contributed by atoms with Crippen molar-refractivity contribution in [3.63, 3.8) is 0 Å². The molecule has 0 aromatic carbocycles. The largest absolute Gasteiger partial charge is 0.394 e. The topological polar surface area (TPSA) is 77.8 Å². The number of hydrogen-bond acceptors (Lipinski definition) is 3. The molecule has 0 aliphatic carbocycles. The second kappa shape index (κ2) is 27.4. The van der Waals surface area contributed by atoms with Crippen LogP contribution in [0.3, 0.4) is 0 Å². The van der Waals surface area contributed by atoms with E-state index in [0.29, 0.717) is 0 Å². The molecule has 0 radical (unpaired) electrons. The molecule has 0 spiro atoms. The van der Waals surface area contributed by atoms with Gasteiger partial charge in [-0.15, -0.1) is 0 Å². The molecule has 6 heteroatoms. The maximum absolute atomic E-state index is 8.74. The fourth-order valence-electron chi connectivity index (χ4n) is 4.57. The van der Waals surface area contributed by atoms with Crippen molar-refractivity contribution in [2.75, 3.05) is 14.1 Å². The summed E-state index contributed by atoms with van der Waals surface area (Å²) in [7, 11) is -0.105. The van der Waals surface area contributed by atoms with E-state index < -0.39 is 10.4 Å². The Kier molecular flexibility index (Phi) is 29.0. The Balaban J connectivity index is 0. The normalized spacial score (nSPS) is 12.6. The van der Waals surface area contributed by atoms with Crippen LogP contribution in [0.1, 0.15) is 162 Å². The molecule has 0 fully saturated rings. The SMILES string of the molecule is CCCCCCCCCCCCCCCCCCC(CCCCCCC)N(C)C.O=S(=O)(O)O. The van der Waals surface area contributed by atoms with Crippen LogP contribution in [0.5, 0.6) is 0 Å². The van der Waals surface area contributed by atoms with Crippen molar-refractivity contribution in [1.29, 1.82) is 0 Å². The van der Waals surface area contributed by atoms with Crippen LogP contribution in [0.15, 0.2) is 0 Å². The van der Waals surface area contributed by atoms with Crippen LogP contribution in [-0.4, -0.2) is 42.6 Å². The summed E-state index contributed by atoms with van der Waals surface area (Å²) < 4.78 is 31.6. The Bertz CT molecular complexity index is 475. The average molecular weight is 508 g/mol. The molecule has 208 valence electrons. The molecule has 34 heavy (non-hydrogen) atoms. The maximum atomic E-state index is 8.74. The Labute approximate surface area is 214 Å². The van der Waals surface area contributed by atoms with Crippen LogP contribution in [0.2, 0.25) is 0 Å². The maximum Gasteiger partial charge on any atom is 0.394 e. The molecule has 0 rings (SSSR count). The number of rotatable bonds is 24. The fraction of sp³-hybridized carbons (Fsp3) is 1.00. The highest BCUT2D eigenvalue weighted by Gasteiger charge is 2.10. The zero-order valence-corrected chi connectivity index (χ0v) is 24.2. The first kappa shape index (κ1) is 36.0. The van der Waals surface area contributed by atoms with Gasteiger partial charge in [-0.1, -0.05) is 149 Å². The molecule has 0 saturated heterocycles. The number of hydrogen-bond donors (Lipinski definition) is 2. The molecule has 2 N–H and O–H groups in total. The molecule has 0 heterocycles. The highest BCUT2D eigenvalue weighted by atomic mass is 32.3. The predicted octanol–water partition coefficient (Wildman–Crippen LogP) is 9.28. The second-order valence-electron chi connectivity index (χ2n) is 10.4. The first-order valence-electron chi connectivity index (χ1n) is 14.6. The van der Waals surface area contributed by atoms with E-state index >= 15 is 0 Å². The molecule has 0 bridgehead atoms. The first-order valence-corrected chi connectivity index (χ1v) is 16.0. The summed E-state index contributed by atoms with van der Waals surface area (Å²) in [5, 5.41) is 0. The fourth-order valence-corrected chi connectivity index (χ4v) is 4.57. The third-order valence-electron chi connectivity index (χ3n) is 6.76. The summed E-state index contributed by atoms with van der Waals surface area (Å²) in [6.07, 6.45) is 33.4. The van der Waals surface area contributed by atoms with Crippen molar-refractivity contribution in [3.8, 4) is 0 Å². The molecule has 0 saturated carbocycles. The van der Waals surface area contributed by atoms with Gasteiger partial charge in [-0.2, -0.15) is 8.42 Å². The van der Waals surface area contributed by atoms with E-state index in [0.717, 1.165) is 6.04 Å². The van der Waals surface area contributed by atoms with Gasteiger partial charge in [0.15, 0.2) is 0 Å². The summed E-state index contributed by atoms with van der Waals surface area (Å²) >= 11 is 0. The molecule has 5 nitrogen and oxygen atoms in total. The molecular weight excluding hydrogens is 446 g/mol. The molecule has 0 aliphatic rings. The number of unbranched alkanes of at least 4 members (excludes halogenated alkanes) is 19. The highest BCUT2D eigenvalue weighted by molar-refractivity contribution is 7.79. The van der Waals surface area contributed by atoms with E-state index in [9.17, 15) is 0 Å². The van der Waals surface area contributed by atoms with Gasteiger partial charge in [-0.3, -0.25) is 9.11 Å². The lowest BCUT2D eigenvalue weighted by molar-refractivity contribution is 0.251. The van der Waals surface area contributed by atoms with Gasteiger partial charge in [0.05, 0.1) is 0 Å². The van der Waals surface area contributed by atoms with Crippen LogP contribution >= 0.6 is 0 Å². The minimum atomic E-state index is -4.67. The van der Waals surface area contributed by atoms with Gasteiger partial charge in [0, 0.05) is 6.04 Å². The molecular formula is C28H61NO4S. The Hall–Kier alpha value is -0.170. The Morgan fingerprint density at radius 3 is 0.912 bits per heavy atom. The average Bonchev–Trinajstić information content (AvgIpc) is 2.75. The van der Waals surface area contributed by atoms with E-state index in [1.165, 1.54) is 148 Å². The van der Waals surface area contributed by atoms with Gasteiger partial charge >= 0.3 is 10.4 Å². The summed E-state index contributed by atoms with van der Waals surface area (Å²) in [6, 6.07) is 0.822. The lowest BCUT2D eigenvalue weighted by atomic mass is 9.99. The highest BCUT2D eigenvalue weighted by Crippen LogP contribution is 2.17. The minimum Gasteiger partial charge on any atom is -0.306 e. The summed E-state index contributed by atoms with van der Waals surface area (Å²) in [6.45, 7) is 4.61. The first-order chi connectivity index (χ1) is 16.2. The molecule has 0 amide bonds. The van der Waals surface area contributed by atoms with Crippen LogP contribution in [0.4, 0.5) is 0 Å². The van der Waals surface area contributed by atoms with Crippen molar-refractivity contribution in [2.24, 2.45) is 0 Å². The molecule has 1 atom stereocenters. The molecule has 0 aromatic rings. The van der Waals surface area contributed by atoms with Crippen molar-refractivity contribution in [3.05, 3.63) is 0 Å². The van der Waals surface area contributed by atoms with Crippen molar-refractivity contribution in [2.45, 2.75) is 168 Å². The molecule has 0 aliphatic heterocycles. The van der Waals surface area contributed by atoms with Crippen LogP contribution < -0.4 is 0 Å². The van der Waals surface area contributed by atoms with Crippen LogP contribution in [-0.2, 0) is 10.4 Å². The van der Waals surface area contributed by atoms with E-state index in [4.69, 9.17) is 17.5 Å². The monoisotopic (exact) mass is 507 g/mol. The third kappa shape index (κ3) is 36.4. The van der Waals surface area contributed by atoms with Crippen molar-refractivity contribution >= 4 is 10.4 Å². The summed E-state index contributed by atoms with van der Waals surface area (Å²) in [5.41, 5.74) is 0. The predicted molar refractivity (Wildman–Crippen MR) is 149 cm³/mol. The van der Waals surface area contributed by atoms with Gasteiger partial charge in [0.2, 0.25) is 0 Å². The molecule has 1 unspecified atom stereocenters. The lowest BCUT2D eigenvalue weighted by Crippen LogP contribution is -2.27. The smallest absolute Gasteiger partial charge is 0.306 e. The lowest BCUT2D eigenvalue weighted by Gasteiger charge is -2.24. The van der Waals surface area contributed by atoms with Gasteiger partial charge < -0.3 is 4.90 Å². The van der Waals surface area contributed by atoms with Crippen LogP contribution in [0.25, 0.3) is 0 Å². The standard InChI is InChI=1S/C28H59N.H2O4S/c1-5-7-9-11-12-13-14-15-16-17-18-19-20-21-23-25-27-28(29(3)4)26-24-22-10-8-6-2;1-5(2,3)4/h28H,5-27H2,1-4H3;(H2,1,2,3,4). The van der Waals surface area contributed by atoms with E-state index in [1.54, 1.807) is 0 Å². The quantitative estimate of drug-likeness (QED) is 0.100. The zero-order valence-electron chi connectivity index (χ0n) is 23.4. The van der Waals surface area contributed by atoms with Gasteiger partial charge in [-0.05, 0) is 26.9 Å². The van der Waals surface area contributed by atoms with Gasteiger partial charge in [0.1, 0.15) is 0 Å². The van der Waals surface area contributed by atoms with Gasteiger partial charge in [-0.25, -0.2) is 0 Å². The minimum absolute atomic E-state index is 0.822. The Morgan fingerprint density at radius 2 is 0.706 bits per heavy atom. The van der Waals surface area contributed by atoms with Gasteiger partial charge in [0.25, 0.3) is 0 Å². The van der Waals surface area contributed by atoms with Crippen LogP contribution in [0, 0.1) is 0 Å². The summed E-state index contributed by atoms with van der Waals surface area (Å²) in [4.78, 5) is 2.48. The van der Waals surface area contributed by atoms with Crippen molar-refractivity contribution < 1.29 is 17.5 Å². The van der Waals surface area contributed by atoms with E-state index in [2.05, 4.69) is 32.8 Å². The number of nitrogens with zero attached hydrogens (tertiary/aromatic N) is 1. The zero-order chi connectivity index (χ0) is 25.9. The van der Waals surface area contributed by atoms with E-state index in [-0.39, 0.29) is 0 Å². The van der Waals surface area contributed by atoms with E-state index in [1.807, 2.05) is 0 Å². The third-order valence-corrected chi connectivity index (χ3v) is 6.76. The second-order valence-corrected chi connectivity index (χ2v) is 11.3. The van der Waals surface area contributed by atoms with Crippen molar-refractivity contribution in [1.82, 2.24) is 4.90 Å². The Morgan fingerprint density at radius 1 is 0.500 bits per heavy atom.